The van der Waals surface area contributed by atoms with Crippen molar-refractivity contribution in [2.45, 2.75) is 39.0 Å². The Kier molecular flexibility index (Phi) is 1.28. The van der Waals surface area contributed by atoms with Crippen LogP contribution in [0.4, 0.5) is 0 Å². The summed E-state index contributed by atoms with van der Waals surface area (Å²) in [6.07, 6.45) is 7.73. The van der Waals surface area contributed by atoms with E-state index in [-0.39, 0.29) is 0 Å². The quantitative estimate of drug-likeness (QED) is 0.466. The minimum Gasteiger partial charge on any atom is -0.0622 e. The Balaban J connectivity index is 2.07. The molecule has 0 nitrogen and oxygen atoms in total. The molecule has 9 heavy (non-hydrogen) atoms. The van der Waals surface area contributed by atoms with Crippen LogP contribution in [-0.2, 0) is 0 Å². The molecule has 0 heterocycles. The number of rotatable bonds is 0. The molecule has 0 aromatic carbocycles. The van der Waals surface area contributed by atoms with Crippen LogP contribution in [0.1, 0.15) is 39.0 Å². The Bertz CT molecular complexity index is 105. The Labute approximate surface area is 57.6 Å². The van der Waals surface area contributed by atoms with Crippen molar-refractivity contribution in [3.05, 3.63) is 0 Å². The zero-order valence-electron chi connectivity index (χ0n) is 6.27. The highest BCUT2D eigenvalue weighted by molar-refractivity contribution is 4.84. The van der Waals surface area contributed by atoms with Crippen molar-refractivity contribution in [1.29, 1.82) is 0 Å². The molecule has 2 saturated carbocycles. The number of hydrogen-bond donors (Lipinski definition) is 0. The van der Waals surface area contributed by atoms with Crippen LogP contribution in [0.15, 0.2) is 0 Å². The third-order valence-corrected chi connectivity index (χ3v) is 3.33. The van der Waals surface area contributed by atoms with E-state index in [0.717, 1.165) is 17.8 Å². The lowest BCUT2D eigenvalue weighted by molar-refractivity contribution is 0.335. The third kappa shape index (κ3) is 0.889. The van der Waals surface area contributed by atoms with Crippen LogP contribution in [0.25, 0.3) is 0 Å². The Morgan fingerprint density at radius 3 is 2.67 bits per heavy atom. The van der Waals surface area contributed by atoms with Gasteiger partial charge in [0.05, 0.1) is 0 Å². The first-order chi connectivity index (χ1) is 4.36. The fraction of sp³-hybridized carbons (Fsp3) is 1.00. The first-order valence-corrected chi connectivity index (χ1v) is 4.36. The van der Waals surface area contributed by atoms with Gasteiger partial charge in [-0.1, -0.05) is 26.2 Å². The van der Waals surface area contributed by atoms with E-state index in [4.69, 9.17) is 0 Å². The second-order valence-electron chi connectivity index (χ2n) is 4.01. The molecule has 0 aliphatic heterocycles. The topological polar surface area (TPSA) is 0 Å². The van der Waals surface area contributed by atoms with Gasteiger partial charge >= 0.3 is 0 Å². The van der Waals surface area contributed by atoms with E-state index in [1.165, 1.54) is 12.8 Å². The predicted octanol–water partition coefficient (Wildman–Crippen LogP) is 2.83. The fourth-order valence-electron chi connectivity index (χ4n) is 2.78. The minimum atomic E-state index is 1.07. The maximum absolute atomic E-state index is 2.44. The lowest BCUT2D eigenvalue weighted by Crippen LogP contribution is -2.06. The van der Waals surface area contributed by atoms with Crippen molar-refractivity contribution >= 4 is 0 Å². The first kappa shape index (κ1) is 5.76. The Morgan fingerprint density at radius 1 is 1.11 bits per heavy atom. The second-order valence-corrected chi connectivity index (χ2v) is 4.01. The first-order valence-electron chi connectivity index (χ1n) is 4.36. The van der Waals surface area contributed by atoms with Crippen molar-refractivity contribution < 1.29 is 0 Å². The van der Waals surface area contributed by atoms with E-state index in [1.807, 2.05) is 0 Å². The lowest BCUT2D eigenvalue weighted by Gasteiger charge is -2.18. The summed E-state index contributed by atoms with van der Waals surface area (Å²) < 4.78 is 0. The Morgan fingerprint density at radius 2 is 2.00 bits per heavy atom. The van der Waals surface area contributed by atoms with E-state index in [0.29, 0.717) is 0 Å². The van der Waals surface area contributed by atoms with Crippen LogP contribution < -0.4 is 0 Å². The molecule has 2 fully saturated rings. The van der Waals surface area contributed by atoms with E-state index >= 15 is 0 Å². The molecule has 2 aliphatic rings. The second kappa shape index (κ2) is 2.00. The fourth-order valence-corrected chi connectivity index (χ4v) is 2.78. The highest BCUT2D eigenvalue weighted by Crippen LogP contribution is 2.45. The molecule has 2 aliphatic carbocycles. The highest BCUT2D eigenvalue weighted by atomic mass is 14.4. The van der Waals surface area contributed by atoms with Gasteiger partial charge in [0.25, 0.3) is 0 Å². The molecule has 0 N–H and O–H groups in total. The molecule has 2 rings (SSSR count). The van der Waals surface area contributed by atoms with E-state index < -0.39 is 0 Å². The standard InChI is InChI=1S/C9H16/c1-7-5-8-3-2-4-9(7)6-8/h7-9H,2-6H2,1H3/t7-,8?,9?/m1/s1. The SMILES string of the molecule is C[C@@H]1CC2CCCC1C2. The average Bonchev–Trinajstić information content (AvgIpc) is 2.09. The minimum absolute atomic E-state index is 1.07. The van der Waals surface area contributed by atoms with Gasteiger partial charge in [-0.15, -0.1) is 0 Å². The summed E-state index contributed by atoms with van der Waals surface area (Å²) in [6, 6.07) is 0. The van der Waals surface area contributed by atoms with Crippen molar-refractivity contribution in [1.82, 2.24) is 0 Å². The maximum atomic E-state index is 2.44. The van der Waals surface area contributed by atoms with Gasteiger partial charge in [-0.3, -0.25) is 0 Å². The van der Waals surface area contributed by atoms with E-state index in [2.05, 4.69) is 6.92 Å². The summed E-state index contributed by atoms with van der Waals surface area (Å²) in [5, 5.41) is 0. The highest BCUT2D eigenvalue weighted by Gasteiger charge is 2.33. The molecule has 0 saturated heterocycles. The summed E-state index contributed by atoms with van der Waals surface area (Å²) >= 11 is 0. The van der Waals surface area contributed by atoms with E-state index in [9.17, 15) is 0 Å². The lowest BCUT2D eigenvalue weighted by atomic mass is 9.88. The van der Waals surface area contributed by atoms with E-state index in [1.54, 1.807) is 19.3 Å². The van der Waals surface area contributed by atoms with Crippen molar-refractivity contribution in [2.24, 2.45) is 17.8 Å². The zero-order chi connectivity index (χ0) is 6.27. The zero-order valence-corrected chi connectivity index (χ0v) is 6.27. The molecule has 0 spiro atoms. The van der Waals surface area contributed by atoms with Crippen LogP contribution in [0.3, 0.4) is 0 Å². The van der Waals surface area contributed by atoms with Crippen molar-refractivity contribution in [3.8, 4) is 0 Å². The molecule has 2 unspecified atom stereocenters. The van der Waals surface area contributed by atoms with Crippen molar-refractivity contribution in [2.75, 3.05) is 0 Å². The predicted molar refractivity (Wildman–Crippen MR) is 39.2 cm³/mol. The van der Waals surface area contributed by atoms with Crippen LogP contribution in [0.2, 0.25) is 0 Å². The van der Waals surface area contributed by atoms with Crippen LogP contribution in [0.5, 0.6) is 0 Å². The van der Waals surface area contributed by atoms with Gasteiger partial charge < -0.3 is 0 Å². The largest absolute Gasteiger partial charge is 0.0622 e. The third-order valence-electron chi connectivity index (χ3n) is 3.33. The molecule has 52 valence electrons. The molecule has 0 radical (unpaired) electrons. The molecular weight excluding hydrogens is 108 g/mol. The van der Waals surface area contributed by atoms with Crippen LogP contribution in [-0.4, -0.2) is 0 Å². The smallest absolute Gasteiger partial charge is 0.0386 e. The maximum Gasteiger partial charge on any atom is -0.0386 e. The molecule has 0 heteroatoms. The average molecular weight is 124 g/mol. The van der Waals surface area contributed by atoms with Crippen LogP contribution >= 0.6 is 0 Å². The summed E-state index contributed by atoms with van der Waals surface area (Å²) in [4.78, 5) is 0. The van der Waals surface area contributed by atoms with Gasteiger partial charge in [0.2, 0.25) is 0 Å². The van der Waals surface area contributed by atoms with Gasteiger partial charge in [0.15, 0.2) is 0 Å². The molecule has 2 bridgehead atoms. The summed E-state index contributed by atoms with van der Waals surface area (Å²) in [5.41, 5.74) is 0. The van der Waals surface area contributed by atoms with Gasteiger partial charge in [-0.05, 0) is 30.6 Å². The van der Waals surface area contributed by atoms with Crippen molar-refractivity contribution in [3.63, 3.8) is 0 Å². The summed E-state index contributed by atoms with van der Waals surface area (Å²) in [5.74, 6) is 3.33. The number of fused-ring (bicyclic) bond motifs is 2. The number of hydrogen-bond acceptors (Lipinski definition) is 0. The normalized spacial score (nSPS) is 49.7. The van der Waals surface area contributed by atoms with Gasteiger partial charge in [0.1, 0.15) is 0 Å². The molecule has 3 atom stereocenters. The van der Waals surface area contributed by atoms with Gasteiger partial charge in [-0.25, -0.2) is 0 Å². The summed E-state index contributed by atoms with van der Waals surface area (Å²) in [6.45, 7) is 2.44. The molecule has 0 amide bonds. The summed E-state index contributed by atoms with van der Waals surface area (Å²) in [7, 11) is 0. The molecular formula is C9H16. The van der Waals surface area contributed by atoms with Gasteiger partial charge in [-0.2, -0.15) is 0 Å². The molecule has 0 aromatic rings. The monoisotopic (exact) mass is 124 g/mol. The van der Waals surface area contributed by atoms with Gasteiger partial charge in [0, 0.05) is 0 Å². The Hall–Kier alpha value is 0. The molecule has 0 aromatic heterocycles. The van der Waals surface area contributed by atoms with Crippen LogP contribution in [0, 0.1) is 17.8 Å².